The van der Waals surface area contributed by atoms with Crippen molar-refractivity contribution in [2.75, 3.05) is 11.4 Å². The summed E-state index contributed by atoms with van der Waals surface area (Å²) < 4.78 is 3.86. The Hall–Kier alpha value is -3.08. The van der Waals surface area contributed by atoms with Crippen LogP contribution in [0.2, 0.25) is 0 Å². The molecule has 3 aromatic carbocycles. The van der Waals surface area contributed by atoms with Gasteiger partial charge in [0.2, 0.25) is 5.52 Å². The van der Waals surface area contributed by atoms with Crippen LogP contribution in [0.4, 0.5) is 5.69 Å². The third kappa shape index (κ3) is 5.13. The molecule has 0 amide bonds. The second-order valence-corrected chi connectivity index (χ2v) is 13.6. The summed E-state index contributed by atoms with van der Waals surface area (Å²) in [5, 5.41) is 5.30. The largest absolute Gasteiger partial charge is 0.335 e. The fourth-order valence-corrected chi connectivity index (χ4v) is 8.42. The zero-order valence-electron chi connectivity index (χ0n) is 23.6. The first-order valence-electron chi connectivity index (χ1n) is 14.0. The molecule has 0 saturated carbocycles. The number of hydrogen-bond acceptors (Lipinski definition) is 3. The van der Waals surface area contributed by atoms with Crippen LogP contribution in [0.5, 0.6) is 0 Å². The smallest absolute Gasteiger partial charge is 0.263 e. The first kappa shape index (κ1) is 26.2. The molecule has 1 aromatic heterocycles. The van der Waals surface area contributed by atoms with Crippen molar-refractivity contribution in [3.8, 4) is 0 Å². The molecule has 0 spiro atoms. The van der Waals surface area contributed by atoms with E-state index in [9.17, 15) is 0 Å². The van der Waals surface area contributed by atoms with Crippen molar-refractivity contribution >= 4 is 55.9 Å². The molecule has 1 aliphatic carbocycles. The highest BCUT2D eigenvalue weighted by Gasteiger charge is 2.27. The molecule has 2 aliphatic rings. The van der Waals surface area contributed by atoms with E-state index in [4.69, 9.17) is 0 Å². The first-order chi connectivity index (χ1) is 18.8. The second-order valence-electron chi connectivity index (χ2n) is 11.5. The minimum absolute atomic E-state index is 0.235. The lowest BCUT2D eigenvalue weighted by molar-refractivity contribution is -0.664. The Balaban J connectivity index is 1.33. The Labute approximate surface area is 241 Å². The van der Waals surface area contributed by atoms with E-state index in [-0.39, 0.29) is 5.41 Å². The van der Waals surface area contributed by atoms with Crippen LogP contribution in [0.15, 0.2) is 100.0 Å². The van der Waals surface area contributed by atoms with Gasteiger partial charge in [-0.15, -0.1) is 0 Å². The maximum atomic E-state index is 2.50. The standard InChI is InChI=1S/C35H37N2S2/c1-6-36-29-19-24(3)15-17-30(29)38-32(36)14-10-11-25-20-26(23-35(4,5)22-25)21-33-37(7-2)34-28-13-9-8-12-27(28)16-18-31(34)39-33/h8-21H,6-7,22-23H2,1-5H3/q+1. The van der Waals surface area contributed by atoms with E-state index >= 15 is 0 Å². The molecule has 4 heteroatoms. The SMILES string of the molecule is CCN1/C(=C/C=C/C2=CC(=C/c3sc4ccc5ccccc5c4[n+]3CC)/CC(C)(C)C2)Sc2ccc(C)cc21. The van der Waals surface area contributed by atoms with E-state index in [1.165, 1.54) is 58.3 Å². The summed E-state index contributed by atoms with van der Waals surface area (Å²) in [6, 6.07) is 20.1. The number of rotatable bonds is 5. The highest BCUT2D eigenvalue weighted by molar-refractivity contribution is 8.03. The van der Waals surface area contributed by atoms with Gasteiger partial charge in [0.15, 0.2) is 0 Å². The molecule has 6 rings (SSSR count). The third-order valence-electron chi connectivity index (χ3n) is 7.73. The number of thioether (sulfide) groups is 1. The zero-order valence-corrected chi connectivity index (χ0v) is 25.3. The third-order valence-corrected chi connectivity index (χ3v) is 9.95. The summed E-state index contributed by atoms with van der Waals surface area (Å²) in [5.74, 6) is 0. The molecule has 39 heavy (non-hydrogen) atoms. The Morgan fingerprint density at radius 3 is 2.69 bits per heavy atom. The molecule has 0 radical (unpaired) electrons. The quantitative estimate of drug-likeness (QED) is 0.229. The highest BCUT2D eigenvalue weighted by atomic mass is 32.2. The molecular weight excluding hydrogens is 513 g/mol. The molecule has 2 heterocycles. The average molecular weight is 550 g/mol. The van der Waals surface area contributed by atoms with Gasteiger partial charge in [-0.2, -0.15) is 4.57 Å². The Morgan fingerprint density at radius 2 is 1.87 bits per heavy atom. The van der Waals surface area contributed by atoms with Gasteiger partial charge in [-0.05, 0) is 91.5 Å². The summed E-state index contributed by atoms with van der Waals surface area (Å²) in [6.45, 7) is 13.4. The number of aromatic nitrogens is 1. The molecule has 1 aliphatic heterocycles. The average Bonchev–Trinajstić information content (AvgIpc) is 3.44. The summed E-state index contributed by atoms with van der Waals surface area (Å²) in [4.78, 5) is 3.78. The van der Waals surface area contributed by atoms with Gasteiger partial charge >= 0.3 is 0 Å². The number of hydrogen-bond donors (Lipinski definition) is 0. The number of fused-ring (bicyclic) bond motifs is 4. The molecule has 2 nitrogen and oxygen atoms in total. The summed E-state index contributed by atoms with van der Waals surface area (Å²) in [5.41, 5.74) is 7.08. The fraction of sp³-hybridized carbons (Fsp3) is 0.286. The van der Waals surface area contributed by atoms with E-state index in [1.54, 1.807) is 0 Å². The normalized spacial score (nSPS) is 19.1. The molecule has 0 saturated heterocycles. The predicted octanol–water partition coefficient (Wildman–Crippen LogP) is 9.83. The first-order valence-corrected chi connectivity index (χ1v) is 15.7. The molecule has 0 unspecified atom stereocenters. The van der Waals surface area contributed by atoms with Crippen LogP contribution in [-0.4, -0.2) is 6.54 Å². The van der Waals surface area contributed by atoms with Crippen LogP contribution in [0.1, 0.15) is 51.1 Å². The van der Waals surface area contributed by atoms with Gasteiger partial charge in [-0.1, -0.05) is 85.5 Å². The lowest BCUT2D eigenvalue weighted by Gasteiger charge is -2.30. The Kier molecular flexibility index (Phi) is 7.03. The van der Waals surface area contributed by atoms with Crippen molar-refractivity contribution in [3.63, 3.8) is 0 Å². The van der Waals surface area contributed by atoms with E-state index < -0.39 is 0 Å². The maximum Gasteiger partial charge on any atom is 0.263 e. The molecule has 198 valence electrons. The van der Waals surface area contributed by atoms with Crippen molar-refractivity contribution in [2.24, 2.45) is 5.41 Å². The van der Waals surface area contributed by atoms with Crippen LogP contribution in [0.25, 0.3) is 27.1 Å². The van der Waals surface area contributed by atoms with Crippen LogP contribution in [0.3, 0.4) is 0 Å². The number of benzene rings is 3. The predicted molar refractivity (Wildman–Crippen MR) is 172 cm³/mol. The minimum Gasteiger partial charge on any atom is -0.335 e. The number of thiazole rings is 1. The number of anilines is 1. The zero-order chi connectivity index (χ0) is 27.1. The van der Waals surface area contributed by atoms with Crippen molar-refractivity contribution in [3.05, 3.63) is 106 Å². The Morgan fingerprint density at radius 1 is 1.03 bits per heavy atom. The minimum atomic E-state index is 0.235. The van der Waals surface area contributed by atoms with E-state index in [0.29, 0.717) is 0 Å². The van der Waals surface area contributed by atoms with E-state index in [1.807, 2.05) is 23.1 Å². The van der Waals surface area contributed by atoms with Crippen molar-refractivity contribution in [2.45, 2.75) is 58.9 Å². The number of allylic oxidation sites excluding steroid dienone is 6. The van der Waals surface area contributed by atoms with Gasteiger partial charge in [-0.25, -0.2) is 0 Å². The van der Waals surface area contributed by atoms with E-state index in [0.717, 1.165) is 25.9 Å². The molecule has 4 aromatic rings. The summed E-state index contributed by atoms with van der Waals surface area (Å²) in [7, 11) is 0. The van der Waals surface area contributed by atoms with Gasteiger partial charge < -0.3 is 4.90 Å². The second kappa shape index (κ2) is 10.5. The highest BCUT2D eigenvalue weighted by Crippen LogP contribution is 2.46. The topological polar surface area (TPSA) is 7.12 Å². The monoisotopic (exact) mass is 549 g/mol. The molecule has 0 atom stereocenters. The summed E-state index contributed by atoms with van der Waals surface area (Å²) >= 11 is 3.79. The van der Waals surface area contributed by atoms with Crippen molar-refractivity contribution in [1.82, 2.24) is 0 Å². The van der Waals surface area contributed by atoms with Crippen LogP contribution in [-0.2, 0) is 6.54 Å². The molecule has 0 fully saturated rings. The van der Waals surface area contributed by atoms with Gasteiger partial charge in [-0.3, -0.25) is 0 Å². The molecule has 0 bridgehead atoms. The summed E-state index contributed by atoms with van der Waals surface area (Å²) in [6.07, 6.45) is 13.9. The van der Waals surface area contributed by atoms with Gasteiger partial charge in [0.05, 0.1) is 16.1 Å². The van der Waals surface area contributed by atoms with Crippen molar-refractivity contribution in [1.29, 1.82) is 0 Å². The van der Waals surface area contributed by atoms with Crippen LogP contribution >= 0.6 is 23.1 Å². The van der Waals surface area contributed by atoms with Gasteiger partial charge in [0.25, 0.3) is 5.01 Å². The Bertz CT molecular complexity index is 1700. The van der Waals surface area contributed by atoms with Crippen LogP contribution < -0.4 is 9.47 Å². The number of nitrogens with zero attached hydrogens (tertiary/aromatic N) is 2. The fourth-order valence-electron chi connectivity index (χ4n) is 6.08. The molecular formula is C35H37N2S2+. The lowest BCUT2D eigenvalue weighted by Crippen LogP contribution is -2.33. The van der Waals surface area contributed by atoms with Crippen LogP contribution in [0, 0.1) is 12.3 Å². The van der Waals surface area contributed by atoms with Gasteiger partial charge in [0.1, 0.15) is 11.2 Å². The van der Waals surface area contributed by atoms with Gasteiger partial charge in [0, 0.05) is 17.5 Å². The lowest BCUT2D eigenvalue weighted by atomic mass is 9.75. The maximum absolute atomic E-state index is 2.50. The molecule has 0 N–H and O–H groups in total. The van der Waals surface area contributed by atoms with Crippen molar-refractivity contribution < 1.29 is 4.57 Å². The number of aryl methyl sites for hydroxylation is 2. The van der Waals surface area contributed by atoms with E-state index in [2.05, 4.69) is 129 Å².